The molecule has 4 heteroatoms. The van der Waals surface area contributed by atoms with E-state index >= 15 is 0 Å². The van der Waals surface area contributed by atoms with Crippen LogP contribution in [-0.2, 0) is 9.47 Å². The summed E-state index contributed by atoms with van der Waals surface area (Å²) in [7, 11) is 0. The number of cyclic esters (lactones) is 2. The van der Waals surface area contributed by atoms with E-state index in [0.717, 1.165) is 12.8 Å². The molecule has 3 nitrogen and oxygen atoms in total. The van der Waals surface area contributed by atoms with Crippen molar-refractivity contribution in [2.45, 2.75) is 42.8 Å². The molecule has 0 amide bonds. The van der Waals surface area contributed by atoms with Gasteiger partial charge in [0.05, 0.1) is 0 Å². The van der Waals surface area contributed by atoms with Crippen LogP contribution in [0.5, 0.6) is 0 Å². The molecular formula is C8H13IO3. The van der Waals surface area contributed by atoms with Crippen LogP contribution < -0.4 is 0 Å². The molecule has 0 bridgehead atoms. The summed E-state index contributed by atoms with van der Waals surface area (Å²) in [5.74, 6) is 0. The average molecular weight is 284 g/mol. The quantitative estimate of drug-likeness (QED) is 0.444. The molecule has 3 atom stereocenters. The number of rotatable bonds is 2. The summed E-state index contributed by atoms with van der Waals surface area (Å²) < 4.78 is 10.3. The Kier molecular flexibility index (Phi) is 3.61. The lowest BCUT2D eigenvalue weighted by Crippen LogP contribution is -2.37. The highest BCUT2D eigenvalue weighted by Gasteiger charge is 2.31. The molecule has 70 valence electrons. The van der Waals surface area contributed by atoms with E-state index in [4.69, 9.17) is 9.47 Å². The predicted molar refractivity (Wildman–Crippen MR) is 53.5 cm³/mol. The smallest absolute Gasteiger partial charge is 0.431 e. The van der Waals surface area contributed by atoms with Gasteiger partial charge in [-0.3, -0.25) is 0 Å². The summed E-state index contributed by atoms with van der Waals surface area (Å²) in [5, 5.41) is 0. The van der Waals surface area contributed by atoms with Crippen molar-refractivity contribution in [1.82, 2.24) is 0 Å². The third kappa shape index (κ3) is 2.50. The van der Waals surface area contributed by atoms with Crippen LogP contribution in [0.4, 0.5) is 4.79 Å². The monoisotopic (exact) mass is 284 g/mol. The lowest BCUT2D eigenvalue weighted by Gasteiger charge is -2.29. The van der Waals surface area contributed by atoms with E-state index in [-0.39, 0.29) is 12.2 Å². The summed E-state index contributed by atoms with van der Waals surface area (Å²) in [6, 6.07) is 0. The molecule has 1 saturated heterocycles. The van der Waals surface area contributed by atoms with Crippen LogP contribution in [0.25, 0.3) is 0 Å². The molecule has 0 aliphatic carbocycles. The Morgan fingerprint density at radius 1 is 1.67 bits per heavy atom. The fraction of sp³-hybridized carbons (Fsp3) is 0.875. The zero-order valence-corrected chi connectivity index (χ0v) is 9.41. The Balaban J connectivity index is 2.51. The molecule has 0 aromatic rings. The van der Waals surface area contributed by atoms with Gasteiger partial charge < -0.3 is 9.47 Å². The van der Waals surface area contributed by atoms with Gasteiger partial charge in [0.25, 0.3) is 0 Å². The molecule has 0 saturated carbocycles. The number of hydrogen-bond donors (Lipinski definition) is 0. The minimum atomic E-state index is -0.512. The van der Waals surface area contributed by atoms with Crippen molar-refractivity contribution >= 4 is 28.7 Å². The summed E-state index contributed by atoms with van der Waals surface area (Å²) >= 11 is 2.27. The first kappa shape index (κ1) is 10.1. The molecule has 0 aromatic carbocycles. The summed E-state index contributed by atoms with van der Waals surface area (Å²) in [6.45, 7) is 4.05. The van der Waals surface area contributed by atoms with Gasteiger partial charge in [-0.25, -0.2) is 4.79 Å². The maximum atomic E-state index is 10.9. The van der Waals surface area contributed by atoms with Crippen molar-refractivity contribution in [2.75, 3.05) is 0 Å². The van der Waals surface area contributed by atoms with Gasteiger partial charge in [-0.1, -0.05) is 29.5 Å². The summed E-state index contributed by atoms with van der Waals surface area (Å²) in [6.07, 6.45) is 1.26. The van der Waals surface area contributed by atoms with Crippen LogP contribution in [0.3, 0.4) is 0 Å². The number of carbonyl (C=O) groups excluding carboxylic acids is 1. The van der Waals surface area contributed by atoms with Gasteiger partial charge in [0.1, 0.15) is 12.2 Å². The maximum Gasteiger partial charge on any atom is 0.508 e. The van der Waals surface area contributed by atoms with E-state index in [1.165, 1.54) is 0 Å². The molecule has 0 N–H and O–H groups in total. The number of hydrogen-bond acceptors (Lipinski definition) is 3. The number of ether oxygens (including phenoxy) is 2. The van der Waals surface area contributed by atoms with Crippen molar-refractivity contribution < 1.29 is 14.3 Å². The van der Waals surface area contributed by atoms with Crippen molar-refractivity contribution in [3.8, 4) is 0 Å². The van der Waals surface area contributed by atoms with Gasteiger partial charge in [0, 0.05) is 10.3 Å². The molecule has 1 fully saturated rings. The number of halogens is 1. The van der Waals surface area contributed by atoms with Crippen LogP contribution in [0.15, 0.2) is 0 Å². The van der Waals surface area contributed by atoms with Crippen LogP contribution in [0.2, 0.25) is 0 Å². The van der Waals surface area contributed by atoms with E-state index in [1.807, 2.05) is 13.8 Å². The molecule has 0 unspecified atom stereocenters. The van der Waals surface area contributed by atoms with Gasteiger partial charge in [-0.2, -0.15) is 0 Å². The largest absolute Gasteiger partial charge is 0.508 e. The Morgan fingerprint density at radius 3 is 2.83 bits per heavy atom. The van der Waals surface area contributed by atoms with Crippen LogP contribution in [0.1, 0.15) is 26.7 Å². The Hall–Kier alpha value is 0. The zero-order chi connectivity index (χ0) is 9.14. The topological polar surface area (TPSA) is 35.5 Å². The van der Waals surface area contributed by atoms with Crippen LogP contribution in [0, 0.1) is 0 Å². The fourth-order valence-corrected chi connectivity index (χ4v) is 1.61. The lowest BCUT2D eigenvalue weighted by molar-refractivity contribution is -0.0582. The van der Waals surface area contributed by atoms with Gasteiger partial charge in [-0.15, -0.1) is 0 Å². The summed E-state index contributed by atoms with van der Waals surface area (Å²) in [4.78, 5) is 10.9. The summed E-state index contributed by atoms with van der Waals surface area (Å²) in [5.41, 5.74) is 0. The lowest BCUT2D eigenvalue weighted by atomic mass is 10.1. The van der Waals surface area contributed by atoms with Crippen LogP contribution in [-0.4, -0.2) is 22.3 Å². The van der Waals surface area contributed by atoms with Gasteiger partial charge in [0.15, 0.2) is 0 Å². The SMILES string of the molecule is CC[C@H]1C[C@@H]([C@@H](C)I)OC(=O)O1. The van der Waals surface area contributed by atoms with Crippen molar-refractivity contribution in [3.05, 3.63) is 0 Å². The first-order chi connectivity index (χ1) is 5.63. The first-order valence-electron chi connectivity index (χ1n) is 4.14. The minimum Gasteiger partial charge on any atom is -0.431 e. The van der Waals surface area contributed by atoms with E-state index in [1.54, 1.807) is 0 Å². The minimum absolute atomic E-state index is 0.0248. The second-order valence-electron chi connectivity index (χ2n) is 2.97. The number of carbonyl (C=O) groups is 1. The standard InChI is InChI=1S/C8H13IO3/c1-3-6-4-7(5(2)9)12-8(10)11-6/h5-7H,3-4H2,1-2H3/t5-,6+,7+/m1/s1. The molecule has 1 aliphatic heterocycles. The van der Waals surface area contributed by atoms with Gasteiger partial charge in [-0.05, 0) is 13.3 Å². The molecule has 1 rings (SSSR count). The zero-order valence-electron chi connectivity index (χ0n) is 7.25. The first-order valence-corrected chi connectivity index (χ1v) is 5.39. The van der Waals surface area contributed by atoms with Crippen molar-refractivity contribution in [1.29, 1.82) is 0 Å². The Bertz CT molecular complexity index is 170. The highest BCUT2D eigenvalue weighted by atomic mass is 127. The second kappa shape index (κ2) is 4.30. The third-order valence-electron chi connectivity index (χ3n) is 1.97. The van der Waals surface area contributed by atoms with E-state index in [2.05, 4.69) is 22.6 Å². The van der Waals surface area contributed by atoms with Gasteiger partial charge >= 0.3 is 6.16 Å². The number of alkyl halides is 1. The maximum absolute atomic E-state index is 10.9. The van der Waals surface area contributed by atoms with Crippen LogP contribution >= 0.6 is 22.6 Å². The van der Waals surface area contributed by atoms with E-state index in [9.17, 15) is 4.79 Å². The normalized spacial score (nSPS) is 32.1. The highest BCUT2D eigenvalue weighted by Crippen LogP contribution is 2.23. The molecule has 12 heavy (non-hydrogen) atoms. The average Bonchev–Trinajstić information content (AvgIpc) is 2.03. The molecule has 1 heterocycles. The molecular weight excluding hydrogens is 271 g/mol. The van der Waals surface area contributed by atoms with Gasteiger partial charge in [0.2, 0.25) is 0 Å². The highest BCUT2D eigenvalue weighted by molar-refractivity contribution is 14.1. The Labute approximate surface area is 85.9 Å². The fourth-order valence-electron chi connectivity index (χ4n) is 1.17. The Morgan fingerprint density at radius 2 is 2.33 bits per heavy atom. The van der Waals surface area contributed by atoms with E-state index < -0.39 is 6.16 Å². The molecule has 1 aliphatic rings. The third-order valence-corrected chi connectivity index (χ3v) is 2.78. The van der Waals surface area contributed by atoms with Crippen molar-refractivity contribution in [3.63, 3.8) is 0 Å². The predicted octanol–water partition coefficient (Wildman–Crippen LogP) is 2.51. The van der Waals surface area contributed by atoms with Crippen molar-refractivity contribution in [2.24, 2.45) is 0 Å². The molecule has 0 spiro atoms. The molecule has 0 radical (unpaired) electrons. The second-order valence-corrected chi connectivity index (χ2v) is 4.93. The van der Waals surface area contributed by atoms with E-state index in [0.29, 0.717) is 3.92 Å². The molecule has 0 aromatic heterocycles.